The van der Waals surface area contributed by atoms with Crippen LogP contribution < -0.4 is 5.32 Å². The molecule has 1 aliphatic rings. The van der Waals surface area contributed by atoms with Crippen LogP contribution in [0.2, 0.25) is 0 Å². The summed E-state index contributed by atoms with van der Waals surface area (Å²) in [5.74, 6) is 0. The van der Waals surface area contributed by atoms with E-state index in [0.29, 0.717) is 23.9 Å². The number of nitrogens with zero attached hydrogens (tertiary/aromatic N) is 1. The first-order chi connectivity index (χ1) is 9.52. The second-order valence-electron chi connectivity index (χ2n) is 4.73. The van der Waals surface area contributed by atoms with Gasteiger partial charge in [-0.3, -0.25) is 0 Å². The topological polar surface area (TPSA) is 34.1 Å². The molecule has 2 heterocycles. The number of anilines is 1. The van der Waals surface area contributed by atoms with E-state index in [2.05, 4.69) is 10.3 Å². The van der Waals surface area contributed by atoms with E-state index < -0.39 is 11.7 Å². The molecule has 0 bridgehead atoms. The van der Waals surface area contributed by atoms with Crippen LogP contribution >= 0.6 is 11.3 Å². The smallest absolute Gasteiger partial charge is 0.381 e. The standard InChI is InChI=1S/C13H13F3N2OS/c14-13(15,16)8-1-2-11-10(7-8)18-12(20-11)17-9-3-5-19-6-4-9/h1-2,7,9H,3-6H2,(H,17,18). The van der Waals surface area contributed by atoms with Crippen molar-refractivity contribution in [2.45, 2.75) is 25.1 Å². The first-order valence-corrected chi connectivity index (χ1v) is 7.16. The molecular weight excluding hydrogens is 289 g/mol. The van der Waals surface area contributed by atoms with Gasteiger partial charge in [0.2, 0.25) is 0 Å². The molecule has 0 amide bonds. The molecule has 0 saturated carbocycles. The van der Waals surface area contributed by atoms with Crippen molar-refractivity contribution in [3.63, 3.8) is 0 Å². The zero-order chi connectivity index (χ0) is 14.2. The van der Waals surface area contributed by atoms with Crippen LogP contribution in [0.1, 0.15) is 18.4 Å². The number of thiazole rings is 1. The molecule has 7 heteroatoms. The molecule has 108 valence electrons. The number of nitrogens with one attached hydrogen (secondary N) is 1. The summed E-state index contributed by atoms with van der Waals surface area (Å²) in [7, 11) is 0. The van der Waals surface area contributed by atoms with Gasteiger partial charge in [-0.15, -0.1) is 0 Å². The summed E-state index contributed by atoms with van der Waals surface area (Å²) in [6.45, 7) is 1.42. The summed E-state index contributed by atoms with van der Waals surface area (Å²) in [6.07, 6.45) is -2.54. The number of ether oxygens (including phenoxy) is 1. The Hall–Kier alpha value is -1.34. The molecule has 20 heavy (non-hydrogen) atoms. The molecular formula is C13H13F3N2OS. The highest BCUT2D eigenvalue weighted by Gasteiger charge is 2.30. The number of hydrogen-bond acceptors (Lipinski definition) is 4. The fraction of sp³-hybridized carbons (Fsp3) is 0.462. The van der Waals surface area contributed by atoms with Gasteiger partial charge in [0.25, 0.3) is 0 Å². The molecule has 1 aliphatic heterocycles. The Bertz CT molecular complexity index is 605. The van der Waals surface area contributed by atoms with Gasteiger partial charge < -0.3 is 10.1 Å². The molecule has 1 saturated heterocycles. The van der Waals surface area contributed by atoms with Gasteiger partial charge in [0.1, 0.15) is 0 Å². The van der Waals surface area contributed by atoms with Crippen LogP contribution in [0.3, 0.4) is 0 Å². The molecule has 0 radical (unpaired) electrons. The molecule has 0 aliphatic carbocycles. The fourth-order valence-corrected chi connectivity index (χ4v) is 3.11. The molecule has 0 spiro atoms. The third-order valence-corrected chi connectivity index (χ3v) is 4.23. The number of hydrogen-bond donors (Lipinski definition) is 1. The average Bonchev–Trinajstić information content (AvgIpc) is 2.80. The third-order valence-electron chi connectivity index (χ3n) is 3.26. The van der Waals surface area contributed by atoms with E-state index in [1.54, 1.807) is 0 Å². The van der Waals surface area contributed by atoms with Gasteiger partial charge in [0, 0.05) is 19.3 Å². The Balaban J connectivity index is 1.83. The number of benzene rings is 1. The minimum Gasteiger partial charge on any atom is -0.381 e. The Morgan fingerprint density at radius 3 is 2.70 bits per heavy atom. The molecule has 0 atom stereocenters. The molecule has 1 fully saturated rings. The SMILES string of the molecule is FC(F)(F)c1ccc2sc(NC3CCOCC3)nc2c1. The molecule has 1 N–H and O–H groups in total. The fourth-order valence-electron chi connectivity index (χ4n) is 2.18. The summed E-state index contributed by atoms with van der Waals surface area (Å²) in [4.78, 5) is 4.25. The lowest BCUT2D eigenvalue weighted by molar-refractivity contribution is -0.137. The summed E-state index contributed by atoms with van der Waals surface area (Å²) in [5, 5.41) is 3.95. The minimum absolute atomic E-state index is 0.284. The highest BCUT2D eigenvalue weighted by molar-refractivity contribution is 7.22. The lowest BCUT2D eigenvalue weighted by atomic mass is 10.1. The maximum atomic E-state index is 12.6. The van der Waals surface area contributed by atoms with Crippen molar-refractivity contribution in [3.8, 4) is 0 Å². The number of halogens is 3. The van der Waals surface area contributed by atoms with Crippen LogP contribution in [-0.2, 0) is 10.9 Å². The average molecular weight is 302 g/mol. The molecule has 0 unspecified atom stereocenters. The lowest BCUT2D eigenvalue weighted by Crippen LogP contribution is -2.27. The van der Waals surface area contributed by atoms with Crippen molar-refractivity contribution >= 4 is 26.7 Å². The summed E-state index contributed by atoms with van der Waals surface area (Å²) in [5.41, 5.74) is -0.271. The van der Waals surface area contributed by atoms with Gasteiger partial charge in [-0.25, -0.2) is 4.98 Å². The maximum absolute atomic E-state index is 12.6. The van der Waals surface area contributed by atoms with Crippen LogP contribution in [0.25, 0.3) is 10.2 Å². The van der Waals surface area contributed by atoms with Crippen molar-refractivity contribution in [2.24, 2.45) is 0 Å². The summed E-state index contributed by atoms with van der Waals surface area (Å²) in [6, 6.07) is 3.96. The Morgan fingerprint density at radius 1 is 1.25 bits per heavy atom. The predicted octanol–water partition coefficient (Wildman–Crippen LogP) is 3.91. The number of rotatable bonds is 2. The number of alkyl halides is 3. The third kappa shape index (κ3) is 2.88. The van der Waals surface area contributed by atoms with Gasteiger partial charge in [0.15, 0.2) is 5.13 Å². The van der Waals surface area contributed by atoms with E-state index in [1.165, 1.54) is 17.4 Å². The Kier molecular flexibility index (Phi) is 3.55. The van der Waals surface area contributed by atoms with E-state index in [1.807, 2.05) is 0 Å². The van der Waals surface area contributed by atoms with Gasteiger partial charge in [-0.2, -0.15) is 13.2 Å². The van der Waals surface area contributed by atoms with E-state index in [9.17, 15) is 13.2 Å². The Morgan fingerprint density at radius 2 is 2.00 bits per heavy atom. The maximum Gasteiger partial charge on any atom is 0.416 e. The normalized spacial score (nSPS) is 17.6. The summed E-state index contributed by atoms with van der Waals surface area (Å²) < 4.78 is 43.9. The predicted molar refractivity (Wildman–Crippen MR) is 72.1 cm³/mol. The van der Waals surface area contributed by atoms with E-state index in [-0.39, 0.29) is 6.04 Å². The van der Waals surface area contributed by atoms with Crippen molar-refractivity contribution < 1.29 is 17.9 Å². The molecule has 1 aromatic heterocycles. The van der Waals surface area contributed by atoms with Gasteiger partial charge >= 0.3 is 6.18 Å². The van der Waals surface area contributed by atoms with Gasteiger partial charge in [0.05, 0.1) is 15.8 Å². The Labute approximate surface area is 117 Å². The number of fused-ring (bicyclic) bond motifs is 1. The molecule has 2 aromatic rings. The van der Waals surface area contributed by atoms with Crippen LogP contribution in [0.5, 0.6) is 0 Å². The minimum atomic E-state index is -4.33. The second-order valence-corrected chi connectivity index (χ2v) is 5.76. The van der Waals surface area contributed by atoms with Crippen LogP contribution in [0.4, 0.5) is 18.3 Å². The first kappa shape index (κ1) is 13.6. The van der Waals surface area contributed by atoms with Crippen molar-refractivity contribution in [1.82, 2.24) is 4.98 Å². The largest absolute Gasteiger partial charge is 0.416 e. The molecule has 3 nitrogen and oxygen atoms in total. The summed E-state index contributed by atoms with van der Waals surface area (Å²) >= 11 is 1.38. The quantitative estimate of drug-likeness (QED) is 0.913. The zero-order valence-corrected chi connectivity index (χ0v) is 11.4. The number of aromatic nitrogens is 1. The van der Waals surface area contributed by atoms with Gasteiger partial charge in [-0.05, 0) is 31.0 Å². The van der Waals surface area contributed by atoms with Crippen molar-refractivity contribution in [3.05, 3.63) is 23.8 Å². The van der Waals surface area contributed by atoms with Crippen LogP contribution in [0, 0.1) is 0 Å². The van der Waals surface area contributed by atoms with E-state index in [0.717, 1.165) is 29.7 Å². The molecule has 1 aromatic carbocycles. The highest BCUT2D eigenvalue weighted by Crippen LogP contribution is 2.34. The lowest BCUT2D eigenvalue weighted by Gasteiger charge is -2.22. The van der Waals surface area contributed by atoms with E-state index in [4.69, 9.17) is 4.74 Å². The monoisotopic (exact) mass is 302 g/mol. The van der Waals surface area contributed by atoms with Crippen molar-refractivity contribution in [1.29, 1.82) is 0 Å². The second kappa shape index (κ2) is 5.21. The van der Waals surface area contributed by atoms with E-state index >= 15 is 0 Å². The van der Waals surface area contributed by atoms with Crippen LogP contribution in [0.15, 0.2) is 18.2 Å². The molecule has 3 rings (SSSR count). The highest BCUT2D eigenvalue weighted by atomic mass is 32.1. The zero-order valence-electron chi connectivity index (χ0n) is 10.5. The van der Waals surface area contributed by atoms with Crippen LogP contribution in [-0.4, -0.2) is 24.2 Å². The van der Waals surface area contributed by atoms with Gasteiger partial charge in [-0.1, -0.05) is 11.3 Å². The first-order valence-electron chi connectivity index (χ1n) is 6.34. The van der Waals surface area contributed by atoms with Crippen molar-refractivity contribution in [2.75, 3.05) is 18.5 Å².